The first kappa shape index (κ1) is 11.7. The van der Waals surface area contributed by atoms with Crippen molar-refractivity contribution in [3.63, 3.8) is 0 Å². The number of nitrogens with one attached hydrogen (secondary N) is 1. The lowest BCUT2D eigenvalue weighted by Gasteiger charge is -2.04. The molecule has 17 heavy (non-hydrogen) atoms. The highest BCUT2D eigenvalue weighted by molar-refractivity contribution is 7.07. The summed E-state index contributed by atoms with van der Waals surface area (Å²) in [5, 5.41) is 6.44. The smallest absolute Gasteiger partial charge is 0.251 e. The van der Waals surface area contributed by atoms with E-state index < -0.39 is 17.5 Å². The Kier molecular flexibility index (Phi) is 3.49. The molecule has 1 N–H and O–H groups in total. The Morgan fingerprint density at radius 3 is 2.71 bits per heavy atom. The van der Waals surface area contributed by atoms with Gasteiger partial charge in [0.2, 0.25) is 0 Å². The summed E-state index contributed by atoms with van der Waals surface area (Å²) >= 11 is 1.53. The van der Waals surface area contributed by atoms with Gasteiger partial charge in [0.15, 0.2) is 11.6 Å². The molecule has 88 valence electrons. The van der Waals surface area contributed by atoms with Gasteiger partial charge in [-0.15, -0.1) is 0 Å². The molecule has 1 heterocycles. The minimum absolute atomic E-state index is 0.110. The van der Waals surface area contributed by atoms with Crippen molar-refractivity contribution in [2.45, 2.75) is 6.54 Å². The second-order valence-electron chi connectivity index (χ2n) is 3.44. The van der Waals surface area contributed by atoms with Gasteiger partial charge in [0.05, 0.1) is 0 Å². The van der Waals surface area contributed by atoms with E-state index in [1.165, 1.54) is 17.4 Å². The quantitative estimate of drug-likeness (QED) is 0.895. The molecule has 0 radical (unpaired) electrons. The van der Waals surface area contributed by atoms with E-state index in [-0.39, 0.29) is 5.56 Å². The van der Waals surface area contributed by atoms with Crippen LogP contribution in [0.3, 0.4) is 0 Å². The maximum atomic E-state index is 12.9. The van der Waals surface area contributed by atoms with E-state index in [0.717, 1.165) is 17.7 Å². The van der Waals surface area contributed by atoms with Crippen molar-refractivity contribution >= 4 is 17.2 Å². The van der Waals surface area contributed by atoms with Crippen LogP contribution in [0.15, 0.2) is 35.0 Å². The Bertz CT molecular complexity index is 525. The Balaban J connectivity index is 2.02. The van der Waals surface area contributed by atoms with E-state index in [9.17, 15) is 13.6 Å². The largest absolute Gasteiger partial charge is 0.348 e. The van der Waals surface area contributed by atoms with Crippen LogP contribution in [0.5, 0.6) is 0 Å². The number of carbonyl (C=O) groups excluding carboxylic acids is 1. The number of hydrogen-bond donors (Lipinski definition) is 1. The van der Waals surface area contributed by atoms with Gasteiger partial charge < -0.3 is 5.32 Å². The summed E-state index contributed by atoms with van der Waals surface area (Å²) in [6.45, 7) is 0.376. The predicted molar refractivity (Wildman–Crippen MR) is 61.8 cm³/mol. The third-order valence-electron chi connectivity index (χ3n) is 2.21. The highest BCUT2D eigenvalue weighted by Crippen LogP contribution is 2.09. The Labute approximate surface area is 101 Å². The van der Waals surface area contributed by atoms with Crippen LogP contribution >= 0.6 is 11.3 Å². The van der Waals surface area contributed by atoms with Gasteiger partial charge in [-0.3, -0.25) is 4.79 Å². The average Bonchev–Trinajstić information content (AvgIpc) is 2.82. The van der Waals surface area contributed by atoms with Crippen molar-refractivity contribution in [1.29, 1.82) is 0 Å². The van der Waals surface area contributed by atoms with Crippen molar-refractivity contribution in [3.05, 3.63) is 57.8 Å². The molecule has 0 unspecified atom stereocenters. The molecule has 1 aromatic heterocycles. The third kappa shape index (κ3) is 2.88. The summed E-state index contributed by atoms with van der Waals surface area (Å²) in [5.74, 6) is -2.40. The van der Waals surface area contributed by atoms with E-state index in [2.05, 4.69) is 5.32 Å². The fourth-order valence-corrected chi connectivity index (χ4v) is 1.98. The van der Waals surface area contributed by atoms with Gasteiger partial charge in [0.25, 0.3) is 5.91 Å². The van der Waals surface area contributed by atoms with Crippen molar-refractivity contribution in [1.82, 2.24) is 5.32 Å². The van der Waals surface area contributed by atoms with Gasteiger partial charge >= 0.3 is 0 Å². The molecule has 0 aliphatic heterocycles. The Hall–Kier alpha value is -1.75. The van der Waals surface area contributed by atoms with Crippen LogP contribution in [0.2, 0.25) is 0 Å². The lowest BCUT2D eigenvalue weighted by Crippen LogP contribution is -2.22. The fraction of sp³-hybridized carbons (Fsp3) is 0.0833. The Morgan fingerprint density at radius 2 is 2.06 bits per heavy atom. The van der Waals surface area contributed by atoms with Gasteiger partial charge in [0, 0.05) is 12.1 Å². The molecule has 1 amide bonds. The monoisotopic (exact) mass is 253 g/mol. The van der Waals surface area contributed by atoms with Crippen LogP contribution in [0.25, 0.3) is 0 Å². The molecular weight excluding hydrogens is 244 g/mol. The second kappa shape index (κ2) is 5.05. The molecule has 0 saturated heterocycles. The number of amides is 1. The minimum atomic E-state index is -1.02. The molecule has 1 aromatic carbocycles. The summed E-state index contributed by atoms with van der Waals surface area (Å²) in [7, 11) is 0. The zero-order chi connectivity index (χ0) is 12.3. The standard InChI is InChI=1S/C12H9F2NOS/c13-10-2-1-9(5-11(10)14)12(16)15-6-8-3-4-17-7-8/h1-5,7H,6H2,(H,15,16). The summed E-state index contributed by atoms with van der Waals surface area (Å²) in [5.41, 5.74) is 1.09. The molecule has 0 aliphatic carbocycles. The van der Waals surface area contributed by atoms with Gasteiger partial charge in [-0.25, -0.2) is 8.78 Å². The van der Waals surface area contributed by atoms with Crippen LogP contribution in [-0.2, 0) is 6.54 Å². The summed E-state index contributed by atoms with van der Waals surface area (Å²) in [4.78, 5) is 11.6. The maximum Gasteiger partial charge on any atom is 0.251 e. The van der Waals surface area contributed by atoms with Crippen LogP contribution in [0.1, 0.15) is 15.9 Å². The van der Waals surface area contributed by atoms with E-state index >= 15 is 0 Å². The topological polar surface area (TPSA) is 29.1 Å². The second-order valence-corrected chi connectivity index (χ2v) is 4.22. The molecule has 0 saturated carbocycles. The first-order valence-corrected chi connectivity index (χ1v) is 5.85. The number of rotatable bonds is 3. The summed E-state index contributed by atoms with van der Waals surface area (Å²) in [6.07, 6.45) is 0. The summed E-state index contributed by atoms with van der Waals surface area (Å²) < 4.78 is 25.6. The molecule has 0 aliphatic rings. The number of halogens is 2. The molecule has 0 spiro atoms. The molecular formula is C12H9F2NOS. The average molecular weight is 253 g/mol. The number of thiophene rings is 1. The van der Waals surface area contributed by atoms with E-state index in [1.54, 1.807) is 0 Å². The van der Waals surface area contributed by atoms with Crippen molar-refractivity contribution < 1.29 is 13.6 Å². The number of carbonyl (C=O) groups is 1. The molecule has 5 heteroatoms. The SMILES string of the molecule is O=C(NCc1ccsc1)c1ccc(F)c(F)c1. The molecule has 2 aromatic rings. The van der Waals surface area contributed by atoms with Crippen molar-refractivity contribution in [2.75, 3.05) is 0 Å². The first-order valence-electron chi connectivity index (χ1n) is 4.91. The molecule has 2 nitrogen and oxygen atoms in total. The highest BCUT2D eigenvalue weighted by atomic mass is 32.1. The van der Waals surface area contributed by atoms with Crippen molar-refractivity contribution in [2.24, 2.45) is 0 Å². The number of benzene rings is 1. The summed E-state index contributed by atoms with van der Waals surface area (Å²) in [6, 6.07) is 4.96. The van der Waals surface area contributed by atoms with E-state index in [0.29, 0.717) is 6.54 Å². The van der Waals surface area contributed by atoms with E-state index in [1.807, 2.05) is 16.8 Å². The zero-order valence-corrected chi connectivity index (χ0v) is 9.56. The Morgan fingerprint density at radius 1 is 1.24 bits per heavy atom. The minimum Gasteiger partial charge on any atom is -0.348 e. The molecule has 0 fully saturated rings. The molecule has 0 bridgehead atoms. The first-order chi connectivity index (χ1) is 8.16. The van der Waals surface area contributed by atoms with Gasteiger partial charge in [-0.1, -0.05) is 0 Å². The number of hydrogen-bond acceptors (Lipinski definition) is 2. The predicted octanol–water partition coefficient (Wildman–Crippen LogP) is 2.96. The van der Waals surface area contributed by atoms with Crippen LogP contribution in [0, 0.1) is 11.6 Å². The van der Waals surface area contributed by atoms with E-state index in [4.69, 9.17) is 0 Å². The van der Waals surface area contributed by atoms with Crippen molar-refractivity contribution in [3.8, 4) is 0 Å². The van der Waals surface area contributed by atoms with Gasteiger partial charge in [-0.05, 0) is 40.6 Å². The highest BCUT2D eigenvalue weighted by Gasteiger charge is 2.09. The fourth-order valence-electron chi connectivity index (χ4n) is 1.32. The normalized spacial score (nSPS) is 10.2. The van der Waals surface area contributed by atoms with Crippen LogP contribution in [0.4, 0.5) is 8.78 Å². The third-order valence-corrected chi connectivity index (χ3v) is 2.95. The van der Waals surface area contributed by atoms with Gasteiger partial charge in [0.1, 0.15) is 0 Å². The maximum absolute atomic E-state index is 12.9. The van der Waals surface area contributed by atoms with Crippen LogP contribution < -0.4 is 5.32 Å². The lowest BCUT2D eigenvalue weighted by molar-refractivity contribution is 0.0950. The molecule has 0 atom stereocenters. The van der Waals surface area contributed by atoms with Crippen LogP contribution in [-0.4, -0.2) is 5.91 Å². The molecule has 2 rings (SSSR count). The van der Waals surface area contributed by atoms with Gasteiger partial charge in [-0.2, -0.15) is 11.3 Å². The lowest BCUT2D eigenvalue weighted by atomic mass is 10.2. The zero-order valence-electron chi connectivity index (χ0n) is 8.74.